The average Bonchev–Trinajstić information content (AvgIpc) is 2.09. The van der Waals surface area contributed by atoms with E-state index in [1.54, 1.807) is 0 Å². The minimum absolute atomic E-state index is 0.679. The van der Waals surface area contributed by atoms with Gasteiger partial charge in [0, 0.05) is 13.1 Å². The Morgan fingerprint density at radius 3 is 2.62 bits per heavy atom. The lowest BCUT2D eigenvalue weighted by Gasteiger charge is -2.17. The summed E-state index contributed by atoms with van der Waals surface area (Å²) in [5.74, 6) is 3.35. The normalized spacial score (nSPS) is 10.8. The van der Waals surface area contributed by atoms with Crippen LogP contribution < -0.4 is 5.32 Å². The van der Waals surface area contributed by atoms with Gasteiger partial charge in [0.05, 0.1) is 6.54 Å². The van der Waals surface area contributed by atoms with Gasteiger partial charge >= 0.3 is 0 Å². The number of rotatable bonds is 7. The van der Waals surface area contributed by atoms with Crippen molar-refractivity contribution in [3.05, 3.63) is 0 Å². The van der Waals surface area contributed by atoms with Crippen molar-refractivity contribution < 1.29 is 0 Å². The fourth-order valence-electron chi connectivity index (χ4n) is 1.02. The number of nitrogens with one attached hydrogen (secondary N) is 1. The van der Waals surface area contributed by atoms with E-state index in [1.807, 2.05) is 0 Å². The quantitative estimate of drug-likeness (QED) is 0.470. The molecule has 1 N–H and O–H groups in total. The standard InChI is InChI=1S/C11H22N2/c1-5-7-12-8-10-13(4)9-6-11(2)3/h1,11-12H,6-10H2,2-4H3. The fraction of sp³-hybridized carbons (Fsp3) is 0.818. The average molecular weight is 182 g/mol. The number of likely N-dealkylation sites (N-methyl/N-ethyl adjacent to an activating group) is 1. The maximum Gasteiger partial charge on any atom is 0.0574 e. The molecule has 0 fully saturated rings. The first-order valence-electron chi connectivity index (χ1n) is 4.99. The third kappa shape index (κ3) is 9.39. The summed E-state index contributed by atoms with van der Waals surface area (Å²) in [5, 5.41) is 3.18. The van der Waals surface area contributed by atoms with Gasteiger partial charge in [-0.3, -0.25) is 0 Å². The molecule has 0 aliphatic carbocycles. The summed E-state index contributed by atoms with van der Waals surface area (Å²) in [5.41, 5.74) is 0. The predicted octanol–water partition coefficient (Wildman–Crippen LogP) is 1.19. The van der Waals surface area contributed by atoms with E-state index >= 15 is 0 Å². The third-order valence-corrected chi connectivity index (χ3v) is 1.99. The Kier molecular flexibility index (Phi) is 7.77. The Balaban J connectivity index is 3.21. The molecule has 0 bridgehead atoms. The molecule has 0 aromatic rings. The van der Waals surface area contributed by atoms with Crippen molar-refractivity contribution >= 4 is 0 Å². The Labute approximate surface area is 82.7 Å². The number of hydrogen-bond acceptors (Lipinski definition) is 2. The first kappa shape index (κ1) is 12.5. The second-order valence-corrected chi connectivity index (χ2v) is 3.87. The van der Waals surface area contributed by atoms with E-state index in [0.29, 0.717) is 6.54 Å². The van der Waals surface area contributed by atoms with Crippen LogP contribution in [0.2, 0.25) is 0 Å². The van der Waals surface area contributed by atoms with Gasteiger partial charge in [-0.15, -0.1) is 6.42 Å². The lowest BCUT2D eigenvalue weighted by Crippen LogP contribution is -2.30. The van der Waals surface area contributed by atoms with Crippen LogP contribution in [0.15, 0.2) is 0 Å². The molecule has 0 amide bonds. The molecule has 0 saturated carbocycles. The Morgan fingerprint density at radius 2 is 2.08 bits per heavy atom. The molecule has 0 spiro atoms. The molecule has 2 nitrogen and oxygen atoms in total. The molecule has 0 rings (SSSR count). The Hall–Kier alpha value is -0.520. The molecule has 2 heteroatoms. The van der Waals surface area contributed by atoms with Crippen LogP contribution in [-0.2, 0) is 0 Å². The maximum absolute atomic E-state index is 5.12. The highest BCUT2D eigenvalue weighted by Crippen LogP contribution is 1.99. The second-order valence-electron chi connectivity index (χ2n) is 3.87. The highest BCUT2D eigenvalue weighted by molar-refractivity contribution is 4.86. The minimum atomic E-state index is 0.679. The van der Waals surface area contributed by atoms with Crippen LogP contribution in [0.4, 0.5) is 0 Å². The molecular formula is C11H22N2. The molecule has 0 atom stereocenters. The van der Waals surface area contributed by atoms with Crippen molar-refractivity contribution in [3.8, 4) is 12.3 Å². The lowest BCUT2D eigenvalue weighted by atomic mass is 10.1. The maximum atomic E-state index is 5.12. The van der Waals surface area contributed by atoms with Gasteiger partial charge in [0.1, 0.15) is 0 Å². The van der Waals surface area contributed by atoms with Gasteiger partial charge in [-0.1, -0.05) is 19.8 Å². The largest absolute Gasteiger partial charge is 0.305 e. The Morgan fingerprint density at radius 1 is 1.38 bits per heavy atom. The van der Waals surface area contributed by atoms with Crippen LogP contribution in [0, 0.1) is 18.3 Å². The number of hydrogen-bond donors (Lipinski definition) is 1. The van der Waals surface area contributed by atoms with Crippen molar-refractivity contribution in [2.75, 3.05) is 33.2 Å². The molecule has 0 aliphatic heterocycles. The molecule has 0 radical (unpaired) electrons. The summed E-state index contributed by atoms with van der Waals surface area (Å²) >= 11 is 0. The van der Waals surface area contributed by atoms with Crippen LogP contribution in [0.3, 0.4) is 0 Å². The topological polar surface area (TPSA) is 15.3 Å². The van der Waals surface area contributed by atoms with Crippen molar-refractivity contribution in [1.29, 1.82) is 0 Å². The van der Waals surface area contributed by atoms with E-state index in [9.17, 15) is 0 Å². The third-order valence-electron chi connectivity index (χ3n) is 1.99. The zero-order valence-electron chi connectivity index (χ0n) is 9.14. The van der Waals surface area contributed by atoms with Gasteiger partial charge in [-0.2, -0.15) is 0 Å². The zero-order chi connectivity index (χ0) is 10.1. The van der Waals surface area contributed by atoms with Gasteiger partial charge < -0.3 is 10.2 Å². The number of nitrogens with zero attached hydrogens (tertiary/aromatic N) is 1. The van der Waals surface area contributed by atoms with E-state index in [2.05, 4.69) is 37.0 Å². The first-order valence-corrected chi connectivity index (χ1v) is 4.99. The van der Waals surface area contributed by atoms with Gasteiger partial charge in [0.2, 0.25) is 0 Å². The first-order chi connectivity index (χ1) is 6.16. The van der Waals surface area contributed by atoms with E-state index in [0.717, 1.165) is 19.0 Å². The van der Waals surface area contributed by atoms with E-state index in [-0.39, 0.29) is 0 Å². The van der Waals surface area contributed by atoms with E-state index < -0.39 is 0 Å². The van der Waals surface area contributed by atoms with Gasteiger partial charge in [-0.05, 0) is 25.9 Å². The fourth-order valence-corrected chi connectivity index (χ4v) is 1.02. The Bertz CT molecular complexity index is 147. The summed E-state index contributed by atoms with van der Waals surface area (Å²) < 4.78 is 0. The van der Waals surface area contributed by atoms with Crippen LogP contribution in [0.25, 0.3) is 0 Å². The van der Waals surface area contributed by atoms with Gasteiger partial charge in [0.25, 0.3) is 0 Å². The summed E-state index contributed by atoms with van der Waals surface area (Å²) in [4.78, 5) is 2.34. The van der Waals surface area contributed by atoms with Crippen LogP contribution in [0.5, 0.6) is 0 Å². The lowest BCUT2D eigenvalue weighted by molar-refractivity contribution is 0.311. The summed E-state index contributed by atoms with van der Waals surface area (Å²) in [7, 11) is 2.15. The second kappa shape index (κ2) is 8.10. The highest BCUT2D eigenvalue weighted by atomic mass is 15.1. The minimum Gasteiger partial charge on any atom is -0.305 e. The highest BCUT2D eigenvalue weighted by Gasteiger charge is 1.99. The summed E-state index contributed by atoms with van der Waals surface area (Å²) in [6, 6.07) is 0. The number of terminal acetylenes is 1. The molecule has 0 aromatic carbocycles. The predicted molar refractivity (Wildman–Crippen MR) is 58.7 cm³/mol. The smallest absolute Gasteiger partial charge is 0.0574 e. The van der Waals surface area contributed by atoms with Crippen molar-refractivity contribution in [1.82, 2.24) is 10.2 Å². The monoisotopic (exact) mass is 182 g/mol. The van der Waals surface area contributed by atoms with E-state index in [1.165, 1.54) is 13.0 Å². The SMILES string of the molecule is C#CCNCCN(C)CCC(C)C. The molecule has 0 aliphatic rings. The molecule has 0 unspecified atom stereocenters. The zero-order valence-corrected chi connectivity index (χ0v) is 9.14. The van der Waals surface area contributed by atoms with Gasteiger partial charge in [-0.25, -0.2) is 0 Å². The van der Waals surface area contributed by atoms with Crippen molar-refractivity contribution in [2.45, 2.75) is 20.3 Å². The van der Waals surface area contributed by atoms with Crippen molar-refractivity contribution in [3.63, 3.8) is 0 Å². The van der Waals surface area contributed by atoms with Gasteiger partial charge in [0.15, 0.2) is 0 Å². The molecular weight excluding hydrogens is 160 g/mol. The molecule has 0 saturated heterocycles. The molecule has 76 valence electrons. The molecule has 13 heavy (non-hydrogen) atoms. The van der Waals surface area contributed by atoms with Crippen LogP contribution in [0.1, 0.15) is 20.3 Å². The molecule has 0 heterocycles. The summed E-state index contributed by atoms with van der Waals surface area (Å²) in [6.07, 6.45) is 6.39. The van der Waals surface area contributed by atoms with Crippen LogP contribution in [-0.4, -0.2) is 38.1 Å². The summed E-state index contributed by atoms with van der Waals surface area (Å²) in [6.45, 7) is 8.43. The van der Waals surface area contributed by atoms with E-state index in [4.69, 9.17) is 6.42 Å². The van der Waals surface area contributed by atoms with Crippen LogP contribution >= 0.6 is 0 Å². The van der Waals surface area contributed by atoms with Crippen molar-refractivity contribution in [2.24, 2.45) is 5.92 Å². The molecule has 0 aromatic heterocycles.